The highest BCUT2D eigenvalue weighted by molar-refractivity contribution is 5.95. The normalized spacial score (nSPS) is 18.3. The van der Waals surface area contributed by atoms with Crippen molar-refractivity contribution in [1.82, 2.24) is 4.90 Å². The number of halogens is 1. The van der Waals surface area contributed by atoms with Crippen molar-refractivity contribution in [3.8, 4) is 0 Å². The monoisotopic (exact) mass is 354 g/mol. The van der Waals surface area contributed by atoms with Gasteiger partial charge in [0.25, 0.3) is 0 Å². The second kappa shape index (κ2) is 7.68. The summed E-state index contributed by atoms with van der Waals surface area (Å²) in [5.41, 5.74) is 2.82. The summed E-state index contributed by atoms with van der Waals surface area (Å²) in [4.78, 5) is 26.3. The van der Waals surface area contributed by atoms with Gasteiger partial charge in [0, 0.05) is 18.7 Å². The molecule has 2 unspecified atom stereocenters. The van der Waals surface area contributed by atoms with E-state index in [1.807, 2.05) is 31.2 Å². The average Bonchev–Trinajstić information content (AvgIpc) is 3.42. The number of benzene rings is 2. The summed E-state index contributed by atoms with van der Waals surface area (Å²) >= 11 is 0. The predicted octanol–water partition coefficient (Wildman–Crippen LogP) is 3.59. The summed E-state index contributed by atoms with van der Waals surface area (Å²) in [6.07, 6.45) is 1.57. The van der Waals surface area contributed by atoms with Crippen molar-refractivity contribution in [2.24, 2.45) is 5.92 Å². The maximum atomic E-state index is 13.0. The maximum absolute atomic E-state index is 13.0. The van der Waals surface area contributed by atoms with Gasteiger partial charge < -0.3 is 10.2 Å². The van der Waals surface area contributed by atoms with Gasteiger partial charge in [-0.05, 0) is 48.1 Å². The van der Waals surface area contributed by atoms with Crippen LogP contribution in [0.25, 0.3) is 0 Å². The molecule has 0 radical (unpaired) electrons. The molecule has 0 heterocycles. The van der Waals surface area contributed by atoms with Gasteiger partial charge in [-0.1, -0.05) is 37.3 Å². The fraction of sp³-hybridized carbons (Fsp3) is 0.333. The number of carbonyl (C=O) groups excluding carboxylic acids is 2. The van der Waals surface area contributed by atoms with E-state index in [2.05, 4.69) is 5.32 Å². The number of carbonyl (C=O) groups is 2. The lowest BCUT2D eigenvalue weighted by Gasteiger charge is -2.18. The Morgan fingerprint density at radius 3 is 2.54 bits per heavy atom. The van der Waals surface area contributed by atoms with Crippen molar-refractivity contribution in [1.29, 1.82) is 0 Å². The molecule has 1 fully saturated rings. The van der Waals surface area contributed by atoms with Crippen LogP contribution in [-0.4, -0.2) is 30.3 Å². The van der Waals surface area contributed by atoms with E-state index in [0.717, 1.165) is 29.7 Å². The molecular formula is C21H23FN2O2. The molecule has 2 atom stereocenters. The zero-order valence-electron chi connectivity index (χ0n) is 15.0. The van der Waals surface area contributed by atoms with E-state index >= 15 is 0 Å². The second-order valence-electron chi connectivity index (χ2n) is 6.75. The number of rotatable bonds is 6. The first-order chi connectivity index (χ1) is 12.5. The van der Waals surface area contributed by atoms with Crippen LogP contribution in [0, 0.1) is 11.7 Å². The molecule has 136 valence electrons. The van der Waals surface area contributed by atoms with Gasteiger partial charge in [-0.15, -0.1) is 0 Å². The second-order valence-corrected chi connectivity index (χ2v) is 6.75. The molecule has 26 heavy (non-hydrogen) atoms. The summed E-state index contributed by atoms with van der Waals surface area (Å²) in [6.45, 7) is 2.05. The fourth-order valence-corrected chi connectivity index (χ4v) is 3.26. The third kappa shape index (κ3) is 4.10. The first-order valence-corrected chi connectivity index (χ1v) is 8.87. The molecule has 2 aromatic carbocycles. The van der Waals surface area contributed by atoms with Crippen LogP contribution in [-0.2, 0) is 16.0 Å². The maximum Gasteiger partial charge on any atom is 0.243 e. The number of hydrogen-bond acceptors (Lipinski definition) is 2. The minimum absolute atomic E-state index is 0.0174. The highest BCUT2D eigenvalue weighted by Gasteiger charge is 2.45. The van der Waals surface area contributed by atoms with Crippen LogP contribution in [0.5, 0.6) is 0 Å². The van der Waals surface area contributed by atoms with Gasteiger partial charge in [0.15, 0.2) is 0 Å². The molecule has 2 amide bonds. The molecule has 0 aliphatic heterocycles. The summed E-state index contributed by atoms with van der Waals surface area (Å²) < 4.78 is 13.0. The van der Waals surface area contributed by atoms with Gasteiger partial charge in [0.2, 0.25) is 11.8 Å². The highest BCUT2D eigenvalue weighted by atomic mass is 19.1. The molecule has 0 spiro atoms. The van der Waals surface area contributed by atoms with Crippen LogP contribution < -0.4 is 5.32 Å². The van der Waals surface area contributed by atoms with Crippen molar-refractivity contribution >= 4 is 17.5 Å². The van der Waals surface area contributed by atoms with Crippen molar-refractivity contribution in [2.45, 2.75) is 25.7 Å². The van der Waals surface area contributed by atoms with Crippen LogP contribution >= 0.6 is 0 Å². The molecule has 1 aliphatic rings. The van der Waals surface area contributed by atoms with Gasteiger partial charge in [0.1, 0.15) is 5.82 Å². The number of nitrogens with zero attached hydrogens (tertiary/aromatic N) is 1. The standard InChI is InChI=1S/C21H23FN2O2/c1-3-14-6-4-5-7-19(14)23-20(25)13-24(2)21(26)18-12-17(18)15-8-10-16(22)11-9-15/h4-11,17-18H,3,12-13H2,1-2H3,(H,23,25). The highest BCUT2D eigenvalue weighted by Crippen LogP contribution is 2.48. The van der Waals surface area contributed by atoms with E-state index in [4.69, 9.17) is 0 Å². The van der Waals surface area contributed by atoms with Crippen molar-refractivity contribution in [3.63, 3.8) is 0 Å². The zero-order valence-corrected chi connectivity index (χ0v) is 15.0. The largest absolute Gasteiger partial charge is 0.336 e. The van der Waals surface area contributed by atoms with Crippen LogP contribution in [0.2, 0.25) is 0 Å². The van der Waals surface area contributed by atoms with E-state index < -0.39 is 0 Å². The van der Waals surface area contributed by atoms with Crippen LogP contribution in [0.3, 0.4) is 0 Å². The third-order valence-electron chi connectivity index (χ3n) is 4.84. The van der Waals surface area contributed by atoms with Crippen molar-refractivity contribution in [2.75, 3.05) is 18.9 Å². The van der Waals surface area contributed by atoms with Crippen molar-refractivity contribution < 1.29 is 14.0 Å². The molecule has 3 rings (SSSR count). The van der Waals surface area contributed by atoms with Gasteiger partial charge in [-0.25, -0.2) is 4.39 Å². The number of amides is 2. The Kier molecular flexibility index (Phi) is 5.35. The Hall–Kier alpha value is -2.69. The van der Waals surface area contributed by atoms with Gasteiger partial charge >= 0.3 is 0 Å². The number of nitrogens with one attached hydrogen (secondary N) is 1. The molecule has 5 heteroatoms. The third-order valence-corrected chi connectivity index (χ3v) is 4.84. The quantitative estimate of drug-likeness (QED) is 0.862. The lowest BCUT2D eigenvalue weighted by atomic mass is 10.1. The molecule has 1 saturated carbocycles. The average molecular weight is 354 g/mol. The van der Waals surface area contributed by atoms with E-state index in [1.54, 1.807) is 19.2 Å². The summed E-state index contributed by atoms with van der Waals surface area (Å²) in [5, 5.41) is 2.88. The van der Waals surface area contributed by atoms with Crippen molar-refractivity contribution in [3.05, 3.63) is 65.5 Å². The van der Waals surface area contributed by atoms with Crippen LogP contribution in [0.15, 0.2) is 48.5 Å². The van der Waals surface area contributed by atoms with Gasteiger partial charge in [-0.2, -0.15) is 0 Å². The zero-order chi connectivity index (χ0) is 18.7. The van der Waals surface area contributed by atoms with Gasteiger partial charge in [-0.3, -0.25) is 9.59 Å². The lowest BCUT2D eigenvalue weighted by Crippen LogP contribution is -2.36. The molecule has 2 aromatic rings. The molecular weight excluding hydrogens is 331 g/mol. The number of likely N-dealkylation sites (N-methyl/N-ethyl adjacent to an activating group) is 1. The number of para-hydroxylation sites is 1. The first kappa shape index (κ1) is 18.1. The molecule has 4 nitrogen and oxygen atoms in total. The van der Waals surface area contributed by atoms with E-state index in [-0.39, 0.29) is 36.0 Å². The molecule has 1 aliphatic carbocycles. The topological polar surface area (TPSA) is 49.4 Å². The van der Waals surface area contributed by atoms with Crippen LogP contribution in [0.1, 0.15) is 30.4 Å². The SMILES string of the molecule is CCc1ccccc1NC(=O)CN(C)C(=O)C1CC1c1ccc(F)cc1. The van der Waals surface area contributed by atoms with E-state index in [9.17, 15) is 14.0 Å². The summed E-state index contributed by atoms with van der Waals surface area (Å²) in [5.74, 6) is -0.534. The first-order valence-electron chi connectivity index (χ1n) is 8.87. The minimum Gasteiger partial charge on any atom is -0.336 e. The minimum atomic E-state index is -0.279. The molecule has 0 bridgehead atoms. The van der Waals surface area contributed by atoms with E-state index in [0.29, 0.717) is 0 Å². The Morgan fingerprint density at radius 1 is 1.15 bits per heavy atom. The Balaban J connectivity index is 1.54. The summed E-state index contributed by atoms with van der Waals surface area (Å²) in [6, 6.07) is 13.9. The fourth-order valence-electron chi connectivity index (χ4n) is 3.26. The molecule has 1 N–H and O–H groups in total. The number of aryl methyl sites for hydroxylation is 1. The molecule has 0 aromatic heterocycles. The number of hydrogen-bond donors (Lipinski definition) is 1. The predicted molar refractivity (Wildman–Crippen MR) is 99.3 cm³/mol. The Morgan fingerprint density at radius 2 is 1.85 bits per heavy atom. The molecule has 0 saturated heterocycles. The van der Waals surface area contributed by atoms with E-state index in [1.165, 1.54) is 17.0 Å². The summed E-state index contributed by atoms with van der Waals surface area (Å²) in [7, 11) is 1.65. The number of anilines is 1. The van der Waals surface area contributed by atoms with Gasteiger partial charge in [0.05, 0.1) is 6.54 Å². The van der Waals surface area contributed by atoms with Crippen LogP contribution in [0.4, 0.5) is 10.1 Å². The smallest absolute Gasteiger partial charge is 0.243 e. The Labute approximate surface area is 153 Å². The Bertz CT molecular complexity index is 804. The lowest BCUT2D eigenvalue weighted by molar-refractivity contribution is -0.134.